The summed E-state index contributed by atoms with van der Waals surface area (Å²) >= 11 is 0. The van der Waals surface area contributed by atoms with Gasteiger partial charge in [-0.3, -0.25) is 0 Å². The summed E-state index contributed by atoms with van der Waals surface area (Å²) in [5, 5.41) is 0. The molecule has 1 aliphatic carbocycles. The predicted octanol–water partition coefficient (Wildman–Crippen LogP) is 7.66. The number of benzene rings is 2. The SMILES string of the molecule is CCCCCC(c1ccc(N)cc1)c1ccc(C2CCC(CC)CC2)cc1. The first-order chi connectivity index (χ1) is 13.2. The molecule has 1 fully saturated rings. The van der Waals surface area contributed by atoms with E-state index in [1.54, 1.807) is 5.56 Å². The van der Waals surface area contributed by atoms with Crippen molar-refractivity contribution in [1.82, 2.24) is 0 Å². The van der Waals surface area contributed by atoms with Gasteiger partial charge in [0.2, 0.25) is 0 Å². The zero-order valence-corrected chi connectivity index (χ0v) is 17.3. The van der Waals surface area contributed by atoms with Crippen molar-refractivity contribution in [2.24, 2.45) is 5.92 Å². The molecule has 146 valence electrons. The lowest BCUT2D eigenvalue weighted by atomic mass is 9.77. The molecular formula is C26H37N. The Morgan fingerprint density at radius 1 is 0.815 bits per heavy atom. The molecule has 0 heterocycles. The first kappa shape index (κ1) is 20.0. The zero-order valence-electron chi connectivity index (χ0n) is 17.3. The van der Waals surface area contributed by atoms with Gasteiger partial charge in [0.1, 0.15) is 0 Å². The Hall–Kier alpha value is -1.76. The molecule has 1 nitrogen and oxygen atoms in total. The van der Waals surface area contributed by atoms with E-state index in [2.05, 4.69) is 50.2 Å². The molecule has 1 saturated carbocycles. The predicted molar refractivity (Wildman–Crippen MR) is 118 cm³/mol. The highest BCUT2D eigenvalue weighted by atomic mass is 14.5. The minimum Gasteiger partial charge on any atom is -0.399 e. The van der Waals surface area contributed by atoms with Gasteiger partial charge in [0.25, 0.3) is 0 Å². The molecule has 1 heteroatoms. The van der Waals surface area contributed by atoms with Gasteiger partial charge in [-0.15, -0.1) is 0 Å². The monoisotopic (exact) mass is 363 g/mol. The lowest BCUT2D eigenvalue weighted by molar-refractivity contribution is 0.319. The van der Waals surface area contributed by atoms with Crippen molar-refractivity contribution >= 4 is 5.69 Å². The van der Waals surface area contributed by atoms with Crippen LogP contribution in [0.2, 0.25) is 0 Å². The van der Waals surface area contributed by atoms with Crippen molar-refractivity contribution in [1.29, 1.82) is 0 Å². The molecule has 27 heavy (non-hydrogen) atoms. The van der Waals surface area contributed by atoms with Crippen LogP contribution in [-0.4, -0.2) is 0 Å². The standard InChI is InChI=1S/C26H37N/c1-3-5-6-7-26(24-16-18-25(27)19-17-24)23-14-12-22(13-15-23)21-10-8-20(4-2)9-11-21/h12-21,26H,3-11,27H2,1-2H3. The Labute approximate surface area is 166 Å². The molecule has 2 aromatic carbocycles. The van der Waals surface area contributed by atoms with E-state index in [-0.39, 0.29) is 0 Å². The molecule has 1 aliphatic rings. The average molecular weight is 364 g/mol. The maximum atomic E-state index is 5.91. The van der Waals surface area contributed by atoms with E-state index in [4.69, 9.17) is 5.73 Å². The number of anilines is 1. The Morgan fingerprint density at radius 3 is 1.96 bits per heavy atom. The van der Waals surface area contributed by atoms with Crippen LogP contribution in [-0.2, 0) is 0 Å². The second-order valence-corrected chi connectivity index (χ2v) is 8.51. The van der Waals surface area contributed by atoms with Gasteiger partial charge < -0.3 is 5.73 Å². The van der Waals surface area contributed by atoms with Gasteiger partial charge in [0.05, 0.1) is 0 Å². The van der Waals surface area contributed by atoms with Crippen molar-refractivity contribution in [2.45, 2.75) is 83.5 Å². The van der Waals surface area contributed by atoms with Crippen molar-refractivity contribution in [2.75, 3.05) is 5.73 Å². The van der Waals surface area contributed by atoms with Gasteiger partial charge in [-0.1, -0.05) is 75.9 Å². The molecule has 2 N–H and O–H groups in total. The van der Waals surface area contributed by atoms with Crippen LogP contribution in [0.5, 0.6) is 0 Å². The highest BCUT2D eigenvalue weighted by molar-refractivity contribution is 5.43. The fraction of sp³-hybridized carbons (Fsp3) is 0.538. The van der Waals surface area contributed by atoms with Crippen LogP contribution >= 0.6 is 0 Å². The second-order valence-electron chi connectivity index (χ2n) is 8.51. The third-order valence-electron chi connectivity index (χ3n) is 6.67. The Morgan fingerprint density at radius 2 is 1.41 bits per heavy atom. The maximum absolute atomic E-state index is 5.91. The molecule has 0 amide bonds. The molecule has 0 saturated heterocycles. The van der Waals surface area contributed by atoms with E-state index < -0.39 is 0 Å². The number of hydrogen-bond donors (Lipinski definition) is 1. The van der Waals surface area contributed by atoms with Crippen LogP contribution in [0.25, 0.3) is 0 Å². The highest BCUT2D eigenvalue weighted by Crippen LogP contribution is 2.38. The summed E-state index contributed by atoms with van der Waals surface area (Å²) in [5.74, 6) is 2.23. The fourth-order valence-electron chi connectivity index (χ4n) is 4.76. The van der Waals surface area contributed by atoms with Crippen molar-refractivity contribution < 1.29 is 0 Å². The molecule has 0 radical (unpaired) electrons. The van der Waals surface area contributed by atoms with E-state index in [1.807, 2.05) is 12.1 Å². The summed E-state index contributed by atoms with van der Waals surface area (Å²) in [6.45, 7) is 4.62. The molecule has 2 aromatic rings. The smallest absolute Gasteiger partial charge is 0.0314 e. The summed E-state index contributed by atoms with van der Waals surface area (Å²) in [4.78, 5) is 0. The van der Waals surface area contributed by atoms with E-state index in [1.165, 1.54) is 68.9 Å². The van der Waals surface area contributed by atoms with Crippen LogP contribution in [0, 0.1) is 5.92 Å². The molecule has 1 unspecified atom stereocenters. The fourth-order valence-corrected chi connectivity index (χ4v) is 4.76. The van der Waals surface area contributed by atoms with Crippen LogP contribution in [0.15, 0.2) is 48.5 Å². The minimum absolute atomic E-state index is 0.488. The third kappa shape index (κ3) is 5.37. The number of unbranched alkanes of at least 4 members (excludes halogenated alkanes) is 2. The lowest BCUT2D eigenvalue weighted by Gasteiger charge is -2.28. The van der Waals surface area contributed by atoms with Crippen LogP contribution in [0.3, 0.4) is 0 Å². The van der Waals surface area contributed by atoms with Crippen molar-refractivity contribution in [3.63, 3.8) is 0 Å². The van der Waals surface area contributed by atoms with E-state index in [0.29, 0.717) is 5.92 Å². The zero-order chi connectivity index (χ0) is 19.1. The van der Waals surface area contributed by atoms with Crippen LogP contribution in [0.1, 0.15) is 100 Å². The summed E-state index contributed by atoms with van der Waals surface area (Å²) in [5.41, 5.74) is 11.2. The van der Waals surface area contributed by atoms with Crippen LogP contribution < -0.4 is 5.73 Å². The average Bonchev–Trinajstić information content (AvgIpc) is 2.72. The third-order valence-corrected chi connectivity index (χ3v) is 6.67. The summed E-state index contributed by atoms with van der Waals surface area (Å²) in [7, 11) is 0. The maximum Gasteiger partial charge on any atom is 0.0314 e. The van der Waals surface area contributed by atoms with E-state index in [0.717, 1.165) is 17.5 Å². The summed E-state index contributed by atoms with van der Waals surface area (Å²) < 4.78 is 0. The van der Waals surface area contributed by atoms with Crippen LogP contribution in [0.4, 0.5) is 5.69 Å². The van der Waals surface area contributed by atoms with Gasteiger partial charge in [-0.2, -0.15) is 0 Å². The largest absolute Gasteiger partial charge is 0.399 e. The van der Waals surface area contributed by atoms with Gasteiger partial charge >= 0.3 is 0 Å². The topological polar surface area (TPSA) is 26.0 Å². The molecule has 0 spiro atoms. The molecule has 3 rings (SSSR count). The Balaban J connectivity index is 1.73. The molecule has 0 aliphatic heterocycles. The number of nitrogen functional groups attached to an aromatic ring is 1. The Kier molecular flexibility index (Phi) is 7.38. The summed E-state index contributed by atoms with van der Waals surface area (Å²) in [6.07, 6.45) is 12.0. The number of rotatable bonds is 8. The van der Waals surface area contributed by atoms with Crippen molar-refractivity contribution in [3.05, 3.63) is 65.2 Å². The minimum atomic E-state index is 0.488. The van der Waals surface area contributed by atoms with Gasteiger partial charge in [-0.05, 0) is 72.8 Å². The van der Waals surface area contributed by atoms with E-state index in [9.17, 15) is 0 Å². The molecule has 0 bridgehead atoms. The highest BCUT2D eigenvalue weighted by Gasteiger charge is 2.21. The first-order valence-electron chi connectivity index (χ1n) is 11.2. The molecule has 1 atom stereocenters. The molecule has 0 aromatic heterocycles. The number of hydrogen-bond acceptors (Lipinski definition) is 1. The second kappa shape index (κ2) is 9.97. The first-order valence-corrected chi connectivity index (χ1v) is 11.2. The number of nitrogens with two attached hydrogens (primary N) is 1. The Bertz CT molecular complexity index is 662. The molecular weight excluding hydrogens is 326 g/mol. The van der Waals surface area contributed by atoms with Gasteiger partial charge in [-0.25, -0.2) is 0 Å². The quantitative estimate of drug-likeness (QED) is 0.378. The van der Waals surface area contributed by atoms with Gasteiger partial charge in [0.15, 0.2) is 0 Å². The van der Waals surface area contributed by atoms with Crippen molar-refractivity contribution in [3.8, 4) is 0 Å². The normalized spacial score (nSPS) is 21.1. The van der Waals surface area contributed by atoms with E-state index >= 15 is 0 Å². The van der Waals surface area contributed by atoms with Gasteiger partial charge in [0, 0.05) is 11.6 Å². The summed E-state index contributed by atoms with van der Waals surface area (Å²) in [6, 6.07) is 18.1. The lowest BCUT2D eigenvalue weighted by Crippen LogP contribution is -2.12.